The van der Waals surface area contributed by atoms with Crippen molar-refractivity contribution in [1.29, 1.82) is 0 Å². The van der Waals surface area contributed by atoms with E-state index >= 15 is 0 Å². The Bertz CT molecular complexity index is 1120. The van der Waals surface area contributed by atoms with Gasteiger partial charge in [-0.15, -0.1) is 0 Å². The Morgan fingerprint density at radius 1 is 1.00 bits per heavy atom. The molecule has 0 radical (unpaired) electrons. The Hall–Kier alpha value is -2.58. The van der Waals surface area contributed by atoms with Gasteiger partial charge in [-0.1, -0.05) is 22.0 Å². The fourth-order valence-electron chi connectivity index (χ4n) is 3.43. The van der Waals surface area contributed by atoms with Gasteiger partial charge in [0, 0.05) is 28.7 Å². The summed E-state index contributed by atoms with van der Waals surface area (Å²) >= 11 is 3.52. The van der Waals surface area contributed by atoms with E-state index in [-0.39, 0.29) is 11.2 Å². The van der Waals surface area contributed by atoms with Gasteiger partial charge in [-0.25, -0.2) is 9.97 Å². The minimum absolute atomic E-state index is 0. The molecule has 35 heavy (non-hydrogen) atoms. The standard InChI is InChI=1S/C23H28BrN3O7.H2O/c1-12-14(24)5-4-6-15(12)27-23-13-7-17(32-2)18(8-16(13)25-11-26-23)34-20(10-29)22(31)21(30)19(9-28)33-3;/h4-8,11,19-22,28-31H,9-10H2,1-3H3,(H,25,26,27);1H2/t19-,20-,21+,22+;/m0./s1. The van der Waals surface area contributed by atoms with Crippen LogP contribution < -0.4 is 14.8 Å². The van der Waals surface area contributed by atoms with E-state index < -0.39 is 37.6 Å². The van der Waals surface area contributed by atoms with Crippen LogP contribution in [-0.4, -0.2) is 87.7 Å². The maximum absolute atomic E-state index is 10.5. The number of hydrogen-bond acceptors (Lipinski definition) is 10. The first-order valence-electron chi connectivity index (χ1n) is 10.5. The van der Waals surface area contributed by atoms with Crippen molar-refractivity contribution in [2.45, 2.75) is 31.3 Å². The average molecular weight is 556 g/mol. The molecule has 0 aliphatic rings. The Morgan fingerprint density at radius 2 is 1.69 bits per heavy atom. The lowest BCUT2D eigenvalue weighted by Gasteiger charge is -2.30. The Balaban J connectivity index is 0.00000432. The van der Waals surface area contributed by atoms with E-state index in [9.17, 15) is 20.4 Å². The lowest BCUT2D eigenvalue weighted by Crippen LogP contribution is -2.49. The first kappa shape index (κ1) is 28.7. The second kappa shape index (κ2) is 12.9. The van der Waals surface area contributed by atoms with Crippen molar-refractivity contribution >= 4 is 38.3 Å². The van der Waals surface area contributed by atoms with Gasteiger partial charge >= 0.3 is 0 Å². The van der Waals surface area contributed by atoms with Crippen molar-refractivity contribution in [2.75, 3.05) is 32.8 Å². The second-order valence-corrected chi connectivity index (χ2v) is 8.41. The lowest BCUT2D eigenvalue weighted by molar-refractivity contribution is -0.127. The number of anilines is 2. The summed E-state index contributed by atoms with van der Waals surface area (Å²) < 4.78 is 17.2. The Kier molecular flexibility index (Phi) is 10.6. The number of rotatable bonds is 11. The number of methoxy groups -OCH3 is 2. The van der Waals surface area contributed by atoms with E-state index in [1.807, 2.05) is 25.1 Å². The zero-order valence-corrected chi connectivity index (χ0v) is 21.1. The van der Waals surface area contributed by atoms with Crippen LogP contribution in [0.1, 0.15) is 5.56 Å². The van der Waals surface area contributed by atoms with E-state index in [1.54, 1.807) is 12.1 Å². The molecule has 0 amide bonds. The van der Waals surface area contributed by atoms with E-state index in [2.05, 4.69) is 31.2 Å². The molecular weight excluding hydrogens is 526 g/mol. The van der Waals surface area contributed by atoms with Gasteiger partial charge < -0.3 is 45.4 Å². The smallest absolute Gasteiger partial charge is 0.164 e. The van der Waals surface area contributed by atoms with Gasteiger partial charge in [0.15, 0.2) is 17.6 Å². The van der Waals surface area contributed by atoms with E-state index in [0.717, 1.165) is 15.7 Å². The van der Waals surface area contributed by atoms with E-state index in [0.29, 0.717) is 22.5 Å². The summed E-state index contributed by atoms with van der Waals surface area (Å²) in [5.41, 5.74) is 2.40. The zero-order valence-electron chi connectivity index (χ0n) is 19.5. The molecule has 0 unspecified atom stereocenters. The van der Waals surface area contributed by atoms with Crippen LogP contribution in [-0.2, 0) is 4.74 Å². The monoisotopic (exact) mass is 555 g/mol. The highest BCUT2D eigenvalue weighted by molar-refractivity contribution is 9.10. The van der Waals surface area contributed by atoms with Crippen molar-refractivity contribution in [3.8, 4) is 11.5 Å². The number of aliphatic hydroxyl groups excluding tert-OH is 4. The zero-order chi connectivity index (χ0) is 24.8. The normalized spacial score (nSPS) is 14.5. The molecule has 3 aromatic rings. The molecule has 1 aromatic heterocycles. The maximum Gasteiger partial charge on any atom is 0.164 e. The molecule has 1 heterocycles. The highest BCUT2D eigenvalue weighted by Gasteiger charge is 2.34. The predicted molar refractivity (Wildman–Crippen MR) is 133 cm³/mol. The summed E-state index contributed by atoms with van der Waals surface area (Å²) in [6, 6.07) is 9.07. The highest BCUT2D eigenvalue weighted by Crippen LogP contribution is 2.36. The van der Waals surface area contributed by atoms with Gasteiger partial charge in [0.1, 0.15) is 30.5 Å². The van der Waals surface area contributed by atoms with Crippen LogP contribution in [0.2, 0.25) is 0 Å². The van der Waals surface area contributed by atoms with Gasteiger partial charge in [0.05, 0.1) is 25.8 Å². The number of aliphatic hydroxyl groups is 4. The van der Waals surface area contributed by atoms with Crippen molar-refractivity contribution in [3.63, 3.8) is 0 Å². The summed E-state index contributed by atoms with van der Waals surface area (Å²) in [6.07, 6.45) is -3.92. The molecule has 11 nitrogen and oxygen atoms in total. The van der Waals surface area contributed by atoms with Crippen molar-refractivity contribution < 1.29 is 40.1 Å². The average Bonchev–Trinajstić information content (AvgIpc) is 2.85. The van der Waals surface area contributed by atoms with Gasteiger partial charge in [0.25, 0.3) is 0 Å². The van der Waals surface area contributed by atoms with Crippen molar-refractivity contribution in [3.05, 3.63) is 46.7 Å². The molecule has 4 atom stereocenters. The van der Waals surface area contributed by atoms with E-state index in [1.165, 1.54) is 20.5 Å². The fourth-order valence-corrected chi connectivity index (χ4v) is 3.79. The molecule has 0 fully saturated rings. The largest absolute Gasteiger partial charge is 0.493 e. The van der Waals surface area contributed by atoms with Gasteiger partial charge in [0.2, 0.25) is 0 Å². The van der Waals surface area contributed by atoms with Crippen molar-refractivity contribution in [2.24, 2.45) is 0 Å². The summed E-state index contributed by atoms with van der Waals surface area (Å²) in [6.45, 7) is 0.846. The second-order valence-electron chi connectivity index (χ2n) is 7.56. The molecule has 192 valence electrons. The number of aromatic nitrogens is 2. The SMILES string of the molecule is COc1cc2c(Nc3cccc(Br)c3C)ncnc2cc1O[C@@H](CO)[C@@H](O)[C@H](O)[C@H](CO)OC.O. The molecule has 0 spiro atoms. The van der Waals surface area contributed by atoms with E-state index in [4.69, 9.17) is 14.2 Å². The molecule has 0 saturated heterocycles. The number of nitrogens with zero attached hydrogens (tertiary/aromatic N) is 2. The third-order valence-electron chi connectivity index (χ3n) is 5.49. The predicted octanol–water partition coefficient (Wildman–Crippen LogP) is 1.10. The molecule has 12 heteroatoms. The number of hydrogen-bond donors (Lipinski definition) is 5. The summed E-state index contributed by atoms with van der Waals surface area (Å²) in [4.78, 5) is 8.66. The van der Waals surface area contributed by atoms with Crippen LogP contribution in [0.25, 0.3) is 10.9 Å². The highest BCUT2D eigenvalue weighted by atomic mass is 79.9. The van der Waals surface area contributed by atoms with Crippen LogP contribution in [0.3, 0.4) is 0 Å². The topological polar surface area (TPSA) is 178 Å². The number of fused-ring (bicyclic) bond motifs is 1. The third-order valence-corrected chi connectivity index (χ3v) is 6.35. The van der Waals surface area contributed by atoms with Crippen LogP contribution in [0.4, 0.5) is 11.5 Å². The maximum atomic E-state index is 10.5. The number of benzene rings is 2. The lowest BCUT2D eigenvalue weighted by atomic mass is 10.0. The summed E-state index contributed by atoms with van der Waals surface area (Å²) in [5.74, 6) is 1.06. The molecular formula is C23H30BrN3O8. The summed E-state index contributed by atoms with van der Waals surface area (Å²) in [7, 11) is 2.74. The summed E-state index contributed by atoms with van der Waals surface area (Å²) in [5, 5.41) is 43.9. The third kappa shape index (κ3) is 6.35. The molecule has 3 rings (SSSR count). The first-order valence-corrected chi connectivity index (χ1v) is 11.3. The molecule has 0 bridgehead atoms. The molecule has 7 N–H and O–H groups in total. The number of halogens is 1. The minimum atomic E-state index is -1.55. The first-order chi connectivity index (χ1) is 16.3. The van der Waals surface area contributed by atoms with Gasteiger partial charge in [-0.2, -0.15) is 0 Å². The minimum Gasteiger partial charge on any atom is -0.493 e. The number of ether oxygens (including phenoxy) is 3. The Labute approximate surface area is 210 Å². The number of nitrogens with one attached hydrogen (secondary N) is 1. The van der Waals surface area contributed by atoms with Crippen molar-refractivity contribution in [1.82, 2.24) is 9.97 Å². The molecule has 2 aromatic carbocycles. The molecule has 0 saturated carbocycles. The van der Waals surface area contributed by atoms with Crippen LogP contribution >= 0.6 is 15.9 Å². The van der Waals surface area contributed by atoms with Crippen LogP contribution in [0.5, 0.6) is 11.5 Å². The Morgan fingerprint density at radius 3 is 2.31 bits per heavy atom. The molecule has 0 aliphatic carbocycles. The molecule has 0 aliphatic heterocycles. The van der Waals surface area contributed by atoms with Gasteiger partial charge in [-0.05, 0) is 30.7 Å². The fraction of sp³-hybridized carbons (Fsp3) is 0.391. The van der Waals surface area contributed by atoms with Crippen LogP contribution in [0.15, 0.2) is 41.1 Å². The van der Waals surface area contributed by atoms with Gasteiger partial charge in [-0.3, -0.25) is 0 Å². The quantitative estimate of drug-likeness (QED) is 0.230. The van der Waals surface area contributed by atoms with Crippen LogP contribution in [0, 0.1) is 6.92 Å².